The van der Waals surface area contributed by atoms with E-state index in [2.05, 4.69) is 12.2 Å². The van der Waals surface area contributed by atoms with E-state index in [-0.39, 0.29) is 17.5 Å². The Morgan fingerprint density at radius 3 is 2.67 bits per heavy atom. The van der Waals surface area contributed by atoms with Crippen molar-refractivity contribution in [2.24, 2.45) is 5.92 Å². The highest BCUT2D eigenvalue weighted by Crippen LogP contribution is 2.28. The lowest BCUT2D eigenvalue weighted by molar-refractivity contribution is -0.385. The molecule has 96 valence electrons. The van der Waals surface area contributed by atoms with E-state index in [1.807, 2.05) is 0 Å². The molecule has 18 heavy (non-hydrogen) atoms. The second kappa shape index (κ2) is 4.64. The summed E-state index contributed by atoms with van der Waals surface area (Å²) in [5.74, 6) is -0.174. The molecule has 0 aliphatic heterocycles. The second-order valence-electron chi connectivity index (χ2n) is 4.71. The summed E-state index contributed by atoms with van der Waals surface area (Å²) in [6, 6.07) is 3.77. The Bertz CT molecular complexity index is 495. The fourth-order valence-corrected chi connectivity index (χ4v) is 2.11. The zero-order valence-electron chi connectivity index (χ0n) is 9.92. The standard InChI is InChI=1S/C12H14N2O4/c1-7-4-9(5-7)13-12(16)8-2-3-10(14(17)18)11(15)6-8/h2-3,6-7,9,15H,4-5H2,1H3,(H,13,16). The minimum atomic E-state index is -0.690. The monoisotopic (exact) mass is 250 g/mol. The zero-order valence-corrected chi connectivity index (χ0v) is 9.92. The largest absolute Gasteiger partial charge is 0.502 e. The molecule has 0 unspecified atom stereocenters. The Kier molecular flexibility index (Phi) is 3.18. The van der Waals surface area contributed by atoms with Crippen LogP contribution >= 0.6 is 0 Å². The predicted molar refractivity (Wildman–Crippen MR) is 64.4 cm³/mol. The predicted octanol–water partition coefficient (Wildman–Crippen LogP) is 1.83. The molecular formula is C12H14N2O4. The number of benzene rings is 1. The normalized spacial score (nSPS) is 22.1. The molecule has 2 N–H and O–H groups in total. The van der Waals surface area contributed by atoms with Crippen LogP contribution in [0.2, 0.25) is 0 Å². The van der Waals surface area contributed by atoms with Crippen LogP contribution in [0.15, 0.2) is 18.2 Å². The number of hydrogen-bond acceptors (Lipinski definition) is 4. The average Bonchev–Trinajstić information content (AvgIpc) is 2.26. The Balaban J connectivity index is 2.07. The number of nitro benzene ring substituents is 1. The highest BCUT2D eigenvalue weighted by Gasteiger charge is 2.27. The molecule has 1 saturated carbocycles. The first-order valence-corrected chi connectivity index (χ1v) is 5.75. The third kappa shape index (κ3) is 2.42. The molecule has 2 rings (SSSR count). The Labute approximate surface area is 104 Å². The lowest BCUT2D eigenvalue weighted by Crippen LogP contribution is -2.43. The Morgan fingerprint density at radius 1 is 1.50 bits per heavy atom. The van der Waals surface area contributed by atoms with Crippen LogP contribution in [0.1, 0.15) is 30.1 Å². The second-order valence-corrected chi connectivity index (χ2v) is 4.71. The molecule has 6 heteroatoms. The van der Waals surface area contributed by atoms with Crippen LogP contribution in [0.3, 0.4) is 0 Å². The van der Waals surface area contributed by atoms with Gasteiger partial charge >= 0.3 is 5.69 Å². The van der Waals surface area contributed by atoms with Crippen LogP contribution in [0.25, 0.3) is 0 Å². The van der Waals surface area contributed by atoms with Crippen LogP contribution in [0.5, 0.6) is 5.75 Å². The lowest BCUT2D eigenvalue weighted by Gasteiger charge is -2.33. The maximum Gasteiger partial charge on any atom is 0.310 e. The fourth-order valence-electron chi connectivity index (χ4n) is 2.11. The lowest BCUT2D eigenvalue weighted by atomic mass is 9.82. The van der Waals surface area contributed by atoms with Gasteiger partial charge in [0.2, 0.25) is 0 Å². The van der Waals surface area contributed by atoms with Gasteiger partial charge in [0.25, 0.3) is 5.91 Å². The first kappa shape index (κ1) is 12.3. The summed E-state index contributed by atoms with van der Waals surface area (Å²) in [7, 11) is 0. The van der Waals surface area contributed by atoms with Crippen molar-refractivity contribution in [2.45, 2.75) is 25.8 Å². The third-order valence-corrected chi connectivity index (χ3v) is 3.14. The van der Waals surface area contributed by atoms with Crippen LogP contribution in [0, 0.1) is 16.0 Å². The van der Waals surface area contributed by atoms with Gasteiger partial charge in [-0.2, -0.15) is 0 Å². The first-order chi connectivity index (χ1) is 8.47. The van der Waals surface area contributed by atoms with E-state index in [0.29, 0.717) is 5.92 Å². The van der Waals surface area contributed by atoms with Crippen molar-refractivity contribution < 1.29 is 14.8 Å². The van der Waals surface area contributed by atoms with E-state index in [0.717, 1.165) is 25.0 Å². The highest BCUT2D eigenvalue weighted by molar-refractivity contribution is 5.95. The minimum absolute atomic E-state index is 0.171. The molecule has 6 nitrogen and oxygen atoms in total. The number of carbonyl (C=O) groups excluding carboxylic acids is 1. The number of nitro groups is 1. The number of amides is 1. The SMILES string of the molecule is CC1CC(NC(=O)c2ccc([N+](=O)[O-])c(O)c2)C1. The van der Waals surface area contributed by atoms with E-state index in [4.69, 9.17) is 0 Å². The van der Waals surface area contributed by atoms with E-state index in [9.17, 15) is 20.0 Å². The summed E-state index contributed by atoms with van der Waals surface area (Å²) in [6.07, 6.45) is 1.90. The number of nitrogens with one attached hydrogen (secondary N) is 1. The van der Waals surface area contributed by atoms with E-state index in [1.54, 1.807) is 0 Å². The summed E-state index contributed by atoms with van der Waals surface area (Å²) in [6.45, 7) is 2.11. The zero-order chi connectivity index (χ0) is 13.3. The van der Waals surface area contributed by atoms with Gasteiger partial charge in [-0.15, -0.1) is 0 Å². The van der Waals surface area contributed by atoms with Gasteiger partial charge in [0, 0.05) is 17.7 Å². The first-order valence-electron chi connectivity index (χ1n) is 5.75. The van der Waals surface area contributed by atoms with Gasteiger partial charge in [-0.25, -0.2) is 0 Å². The molecule has 0 saturated heterocycles. The molecule has 0 radical (unpaired) electrons. The number of aromatic hydroxyl groups is 1. The Hall–Kier alpha value is -2.11. The summed E-state index contributed by atoms with van der Waals surface area (Å²) in [5.41, 5.74) is -0.165. The fraction of sp³-hybridized carbons (Fsp3) is 0.417. The van der Waals surface area contributed by atoms with E-state index < -0.39 is 16.4 Å². The molecule has 1 fully saturated rings. The number of phenolic OH excluding ortho intramolecular Hbond substituents is 1. The van der Waals surface area contributed by atoms with Gasteiger partial charge in [-0.05, 0) is 30.9 Å². The van der Waals surface area contributed by atoms with Gasteiger partial charge in [0.1, 0.15) is 0 Å². The summed E-state index contributed by atoms with van der Waals surface area (Å²) in [4.78, 5) is 21.6. The van der Waals surface area contributed by atoms with Gasteiger partial charge in [-0.3, -0.25) is 14.9 Å². The van der Waals surface area contributed by atoms with Crippen LogP contribution < -0.4 is 5.32 Å². The molecule has 0 spiro atoms. The summed E-state index contributed by atoms with van der Waals surface area (Å²) in [5, 5.41) is 22.8. The van der Waals surface area contributed by atoms with Crippen molar-refractivity contribution in [3.63, 3.8) is 0 Å². The molecule has 1 aromatic rings. The molecule has 1 amide bonds. The van der Waals surface area contributed by atoms with Crippen molar-refractivity contribution in [3.05, 3.63) is 33.9 Å². The van der Waals surface area contributed by atoms with Crippen LogP contribution in [-0.4, -0.2) is 22.0 Å². The molecule has 1 aliphatic carbocycles. The summed E-state index contributed by atoms with van der Waals surface area (Å²) >= 11 is 0. The number of hydrogen-bond donors (Lipinski definition) is 2. The van der Waals surface area contributed by atoms with E-state index >= 15 is 0 Å². The quantitative estimate of drug-likeness (QED) is 0.632. The van der Waals surface area contributed by atoms with Gasteiger partial charge in [0.05, 0.1) is 4.92 Å². The molecule has 0 aromatic heterocycles. The van der Waals surface area contributed by atoms with Crippen LogP contribution in [-0.2, 0) is 0 Å². The molecule has 1 aliphatic rings. The van der Waals surface area contributed by atoms with E-state index in [1.165, 1.54) is 6.07 Å². The van der Waals surface area contributed by atoms with Gasteiger partial charge < -0.3 is 10.4 Å². The minimum Gasteiger partial charge on any atom is -0.502 e. The van der Waals surface area contributed by atoms with Crippen LogP contribution in [0.4, 0.5) is 5.69 Å². The summed E-state index contributed by atoms with van der Waals surface area (Å²) < 4.78 is 0. The molecule has 0 bridgehead atoms. The van der Waals surface area contributed by atoms with Gasteiger partial charge in [-0.1, -0.05) is 6.92 Å². The van der Waals surface area contributed by atoms with Crippen molar-refractivity contribution >= 4 is 11.6 Å². The highest BCUT2D eigenvalue weighted by atomic mass is 16.6. The average molecular weight is 250 g/mol. The maximum absolute atomic E-state index is 11.8. The van der Waals surface area contributed by atoms with Crippen molar-refractivity contribution in [1.29, 1.82) is 0 Å². The maximum atomic E-state index is 11.8. The molecular weight excluding hydrogens is 236 g/mol. The number of carbonyl (C=O) groups is 1. The van der Waals surface area contributed by atoms with Crippen molar-refractivity contribution in [2.75, 3.05) is 0 Å². The topological polar surface area (TPSA) is 92.5 Å². The Morgan fingerprint density at radius 2 is 2.17 bits per heavy atom. The smallest absolute Gasteiger partial charge is 0.310 e. The van der Waals surface area contributed by atoms with Crippen molar-refractivity contribution in [1.82, 2.24) is 5.32 Å². The van der Waals surface area contributed by atoms with Gasteiger partial charge in [0.15, 0.2) is 5.75 Å². The number of nitrogens with zero attached hydrogens (tertiary/aromatic N) is 1. The molecule has 0 heterocycles. The molecule has 1 aromatic carbocycles. The number of rotatable bonds is 3. The molecule has 0 atom stereocenters. The van der Waals surface area contributed by atoms with Crippen molar-refractivity contribution in [3.8, 4) is 5.75 Å². The third-order valence-electron chi connectivity index (χ3n) is 3.14. The number of phenols is 1.